The Hall–Kier alpha value is -0.300. The van der Waals surface area contributed by atoms with Gasteiger partial charge in [-0.1, -0.05) is 32.9 Å². The Bertz CT molecular complexity index is 343. The topological polar surface area (TPSA) is 20.2 Å². The van der Waals surface area contributed by atoms with E-state index >= 15 is 0 Å². The SMILES string of the molecule is CC1(C)C[C@H]2[C@@H]1CC[C@@]1(C)CC=C[C@]2(O)C1. The van der Waals surface area contributed by atoms with Gasteiger partial charge in [0.15, 0.2) is 0 Å². The minimum atomic E-state index is -0.482. The quantitative estimate of drug-likeness (QED) is 0.619. The van der Waals surface area contributed by atoms with Gasteiger partial charge in [-0.15, -0.1) is 0 Å². The summed E-state index contributed by atoms with van der Waals surface area (Å²) < 4.78 is 0. The molecular formula is C15H24O. The van der Waals surface area contributed by atoms with Crippen molar-refractivity contribution in [3.8, 4) is 0 Å². The zero-order valence-electron chi connectivity index (χ0n) is 10.8. The number of hydrogen-bond acceptors (Lipinski definition) is 1. The highest BCUT2D eigenvalue weighted by molar-refractivity contribution is 5.19. The van der Waals surface area contributed by atoms with Crippen molar-refractivity contribution in [2.75, 3.05) is 0 Å². The molecule has 90 valence electrons. The molecule has 3 aliphatic rings. The van der Waals surface area contributed by atoms with Gasteiger partial charge in [-0.2, -0.15) is 0 Å². The lowest BCUT2D eigenvalue weighted by Crippen LogP contribution is -2.54. The van der Waals surface area contributed by atoms with E-state index in [1.165, 1.54) is 19.3 Å². The molecule has 3 aliphatic carbocycles. The van der Waals surface area contributed by atoms with Gasteiger partial charge in [0.05, 0.1) is 5.60 Å². The third kappa shape index (κ3) is 1.33. The minimum absolute atomic E-state index is 0.358. The van der Waals surface area contributed by atoms with Crippen LogP contribution in [-0.2, 0) is 0 Å². The summed E-state index contributed by atoms with van der Waals surface area (Å²) in [6, 6.07) is 0. The Morgan fingerprint density at radius 3 is 2.62 bits per heavy atom. The maximum atomic E-state index is 10.9. The molecule has 2 fully saturated rings. The van der Waals surface area contributed by atoms with E-state index in [4.69, 9.17) is 0 Å². The molecule has 1 nitrogen and oxygen atoms in total. The van der Waals surface area contributed by atoms with Crippen molar-refractivity contribution in [3.05, 3.63) is 12.2 Å². The van der Waals surface area contributed by atoms with Crippen molar-refractivity contribution in [1.29, 1.82) is 0 Å². The highest BCUT2D eigenvalue weighted by Gasteiger charge is 2.58. The fourth-order valence-corrected chi connectivity index (χ4v) is 4.67. The van der Waals surface area contributed by atoms with Gasteiger partial charge in [0.25, 0.3) is 0 Å². The minimum Gasteiger partial charge on any atom is -0.385 e. The molecule has 0 heterocycles. The summed E-state index contributed by atoms with van der Waals surface area (Å²) in [4.78, 5) is 0. The van der Waals surface area contributed by atoms with Crippen LogP contribution in [0.4, 0.5) is 0 Å². The van der Waals surface area contributed by atoms with Crippen LogP contribution in [0, 0.1) is 22.7 Å². The molecule has 0 radical (unpaired) electrons. The average molecular weight is 220 g/mol. The van der Waals surface area contributed by atoms with Gasteiger partial charge in [-0.25, -0.2) is 0 Å². The molecular weight excluding hydrogens is 196 g/mol. The molecule has 0 spiro atoms. The van der Waals surface area contributed by atoms with E-state index in [0.717, 1.165) is 18.8 Å². The standard InChI is InChI=1S/C15H24O/c1-13(2)9-12-11(13)5-8-14(3)6-4-7-15(12,16)10-14/h4,7,11-12,16H,5-6,8-10H2,1-3H3/t11-,12-,14+,15-/m0/s1. The second-order valence-corrected chi connectivity index (χ2v) is 7.53. The van der Waals surface area contributed by atoms with Crippen LogP contribution >= 0.6 is 0 Å². The van der Waals surface area contributed by atoms with Crippen LogP contribution < -0.4 is 0 Å². The molecule has 0 aromatic heterocycles. The van der Waals surface area contributed by atoms with Crippen molar-refractivity contribution in [2.45, 2.75) is 58.5 Å². The predicted octanol–water partition coefficient (Wildman–Crippen LogP) is 3.53. The molecule has 2 saturated carbocycles. The molecule has 1 heteroatoms. The van der Waals surface area contributed by atoms with E-state index in [2.05, 4.69) is 32.9 Å². The Morgan fingerprint density at radius 1 is 1.19 bits per heavy atom. The third-order valence-electron chi connectivity index (χ3n) is 5.66. The highest BCUT2D eigenvalue weighted by atomic mass is 16.3. The monoisotopic (exact) mass is 220 g/mol. The Kier molecular flexibility index (Phi) is 1.98. The fourth-order valence-electron chi connectivity index (χ4n) is 4.67. The maximum absolute atomic E-state index is 10.9. The molecule has 0 unspecified atom stereocenters. The van der Waals surface area contributed by atoms with E-state index in [0.29, 0.717) is 16.7 Å². The summed E-state index contributed by atoms with van der Waals surface area (Å²) in [7, 11) is 0. The molecule has 0 aromatic carbocycles. The first-order chi connectivity index (χ1) is 7.35. The summed E-state index contributed by atoms with van der Waals surface area (Å²) in [6.45, 7) is 7.11. The molecule has 16 heavy (non-hydrogen) atoms. The van der Waals surface area contributed by atoms with Crippen molar-refractivity contribution in [3.63, 3.8) is 0 Å². The summed E-state index contributed by atoms with van der Waals surface area (Å²) in [6.07, 6.45) is 10.3. The van der Waals surface area contributed by atoms with Gasteiger partial charge in [0, 0.05) is 0 Å². The van der Waals surface area contributed by atoms with Gasteiger partial charge in [-0.3, -0.25) is 0 Å². The predicted molar refractivity (Wildman–Crippen MR) is 66.0 cm³/mol. The van der Waals surface area contributed by atoms with E-state index in [9.17, 15) is 5.11 Å². The van der Waals surface area contributed by atoms with Crippen molar-refractivity contribution >= 4 is 0 Å². The molecule has 4 atom stereocenters. The van der Waals surface area contributed by atoms with Crippen LogP contribution in [0.5, 0.6) is 0 Å². The third-order valence-corrected chi connectivity index (χ3v) is 5.66. The first-order valence-corrected chi connectivity index (χ1v) is 6.75. The summed E-state index contributed by atoms with van der Waals surface area (Å²) in [5.74, 6) is 1.27. The smallest absolute Gasteiger partial charge is 0.0864 e. The Morgan fingerprint density at radius 2 is 1.94 bits per heavy atom. The lowest BCUT2D eigenvalue weighted by atomic mass is 9.50. The van der Waals surface area contributed by atoms with Crippen LogP contribution in [-0.4, -0.2) is 10.7 Å². The van der Waals surface area contributed by atoms with Crippen molar-refractivity contribution in [2.24, 2.45) is 22.7 Å². The number of allylic oxidation sites excluding steroid dienone is 1. The summed E-state index contributed by atoms with van der Waals surface area (Å²) >= 11 is 0. The van der Waals surface area contributed by atoms with Gasteiger partial charge >= 0.3 is 0 Å². The number of hydrogen-bond donors (Lipinski definition) is 1. The molecule has 2 bridgehead atoms. The Balaban J connectivity index is 1.97. The van der Waals surface area contributed by atoms with E-state index in [1.807, 2.05) is 0 Å². The van der Waals surface area contributed by atoms with E-state index in [-0.39, 0.29) is 0 Å². The van der Waals surface area contributed by atoms with Crippen molar-refractivity contribution < 1.29 is 5.11 Å². The average Bonchev–Trinajstić information content (AvgIpc) is 2.19. The lowest BCUT2D eigenvalue weighted by molar-refractivity contribution is -0.124. The highest BCUT2D eigenvalue weighted by Crippen LogP contribution is 2.63. The van der Waals surface area contributed by atoms with Gasteiger partial charge in [0.2, 0.25) is 0 Å². The van der Waals surface area contributed by atoms with Crippen LogP contribution in [0.3, 0.4) is 0 Å². The van der Waals surface area contributed by atoms with Crippen LogP contribution in [0.25, 0.3) is 0 Å². The van der Waals surface area contributed by atoms with E-state index in [1.54, 1.807) is 0 Å². The molecule has 0 aliphatic heterocycles. The summed E-state index contributed by atoms with van der Waals surface area (Å²) in [5, 5.41) is 10.9. The second kappa shape index (κ2) is 2.93. The second-order valence-electron chi connectivity index (χ2n) is 7.53. The first kappa shape index (κ1) is 10.8. The van der Waals surface area contributed by atoms with Crippen LogP contribution in [0.1, 0.15) is 52.9 Å². The maximum Gasteiger partial charge on any atom is 0.0864 e. The van der Waals surface area contributed by atoms with Gasteiger partial charge in [0.1, 0.15) is 0 Å². The Labute approximate surface area is 98.9 Å². The van der Waals surface area contributed by atoms with Gasteiger partial charge in [-0.05, 0) is 54.8 Å². The van der Waals surface area contributed by atoms with Crippen LogP contribution in [0.2, 0.25) is 0 Å². The molecule has 3 rings (SSSR count). The van der Waals surface area contributed by atoms with E-state index < -0.39 is 5.60 Å². The van der Waals surface area contributed by atoms with Gasteiger partial charge < -0.3 is 5.11 Å². The summed E-state index contributed by atoms with van der Waals surface area (Å²) in [5.41, 5.74) is 0.336. The first-order valence-electron chi connectivity index (χ1n) is 6.75. The largest absolute Gasteiger partial charge is 0.385 e. The normalized spacial score (nSPS) is 53.8. The van der Waals surface area contributed by atoms with Crippen molar-refractivity contribution in [1.82, 2.24) is 0 Å². The zero-order chi connectivity index (χ0) is 11.6. The molecule has 1 N–H and O–H groups in total. The zero-order valence-corrected chi connectivity index (χ0v) is 10.8. The lowest BCUT2D eigenvalue weighted by Gasteiger charge is -2.56. The van der Waals surface area contributed by atoms with Crippen LogP contribution in [0.15, 0.2) is 12.2 Å². The molecule has 0 saturated heterocycles. The number of rotatable bonds is 0. The number of fused-ring (bicyclic) bond motifs is 4. The molecule has 0 aromatic rings. The number of aliphatic hydroxyl groups is 1. The molecule has 0 amide bonds. The fraction of sp³-hybridized carbons (Fsp3) is 0.867.